The second-order valence-corrected chi connectivity index (χ2v) is 0.224. The third-order valence-electron chi connectivity index (χ3n) is 0. The fraction of sp³-hybridized carbons (Fsp3) is 0. The van der Waals surface area contributed by atoms with E-state index >= 15 is 0 Å². The molecule has 0 aliphatic heterocycles. The van der Waals surface area contributed by atoms with Gasteiger partial charge in [-0.05, 0) is 0 Å². The molecule has 0 saturated carbocycles. The molecule has 0 unspecified atom stereocenters. The van der Waals surface area contributed by atoms with Gasteiger partial charge >= 0.3 is 0 Å². The molecule has 0 aliphatic carbocycles. The summed E-state index contributed by atoms with van der Waals surface area (Å²) in [7, 11) is 0. The lowest BCUT2D eigenvalue weighted by Gasteiger charge is -1.74. The zero-order chi connectivity index (χ0) is 3.58. The Kier molecular flexibility index (Phi) is 6.26. The zero-order valence-electron chi connectivity index (χ0n) is 2.25. The van der Waals surface area contributed by atoms with Crippen LogP contribution < -0.4 is 0 Å². The van der Waals surface area contributed by atoms with E-state index in [-0.39, 0.29) is 13.5 Å². The minimum absolute atomic E-state index is 0. The van der Waals surface area contributed by atoms with Crippen molar-refractivity contribution in [1.29, 1.82) is 0 Å². The number of hydrogen-bond donors (Lipinski definition) is 0. The van der Waals surface area contributed by atoms with Crippen LogP contribution in [0.25, 0.3) is 0 Å². The van der Waals surface area contributed by atoms with Gasteiger partial charge in [-0.25, -0.2) is 0 Å². The fourth-order valence-corrected chi connectivity index (χ4v) is 0. The van der Waals surface area contributed by atoms with Gasteiger partial charge in [0.15, 0.2) is 0 Å². The van der Waals surface area contributed by atoms with Gasteiger partial charge in [0.05, 0.1) is 5.09 Å². The largest absolute Gasteiger partial charge is 0.356 e. The standard InChI is InChI=1S/NO3.H2S/c2-1(3)4;/h;1H2/q-1;/p+1. The molecule has 32 valence electrons. The first-order chi connectivity index (χ1) is 1.73. The van der Waals surface area contributed by atoms with Crippen LogP contribution >= 0.6 is 0 Å². The normalized spacial score (nSPS) is 4.80. The maximum absolute atomic E-state index is 8.25. The van der Waals surface area contributed by atoms with Crippen molar-refractivity contribution in [2.24, 2.45) is 0 Å². The molecule has 0 N–H and O–H groups in total. The highest BCUT2D eigenvalue weighted by atomic mass is 32.1. The molecule has 0 saturated heterocycles. The summed E-state index contributed by atoms with van der Waals surface area (Å²) in [6.45, 7) is 0. The van der Waals surface area contributed by atoms with E-state index in [2.05, 4.69) is 0 Å². The smallest absolute Gasteiger partial charge is 0.0689 e. The summed E-state index contributed by atoms with van der Waals surface area (Å²) in [4.78, 5) is 8.25. The van der Waals surface area contributed by atoms with Crippen molar-refractivity contribution in [3.8, 4) is 0 Å². The molecule has 0 atom stereocenters. The fourth-order valence-electron chi connectivity index (χ4n) is 0. The minimum atomic E-state index is -1.75. The molecule has 0 aliphatic rings. The van der Waals surface area contributed by atoms with Gasteiger partial charge in [-0.3, -0.25) is 0 Å². The van der Waals surface area contributed by atoms with Crippen LogP contribution in [0.2, 0.25) is 0 Å². The minimum Gasteiger partial charge on any atom is -0.356 e. The molecule has 0 bridgehead atoms. The molecule has 0 fully saturated rings. The van der Waals surface area contributed by atoms with Crippen molar-refractivity contribution in [2.45, 2.75) is 0 Å². The lowest BCUT2D eigenvalue weighted by atomic mass is 13.1. The Morgan fingerprint density at radius 1 is 1.40 bits per heavy atom. The van der Waals surface area contributed by atoms with Gasteiger partial charge in [0, 0.05) is 0 Å². The third kappa shape index (κ3) is 42.1. The molecular weight excluding hydrogens is 94.1 g/mol. The van der Waals surface area contributed by atoms with Gasteiger partial charge in [0.1, 0.15) is 0 Å². The molecule has 0 aromatic carbocycles. The molecule has 0 radical (unpaired) electrons. The first-order valence-electron chi connectivity index (χ1n) is 0.548. The second-order valence-electron chi connectivity index (χ2n) is 0.224. The van der Waals surface area contributed by atoms with Gasteiger partial charge in [-0.15, -0.1) is 0 Å². The molecule has 0 amide bonds. The van der Waals surface area contributed by atoms with Gasteiger partial charge < -0.3 is 15.3 Å². The Morgan fingerprint density at radius 2 is 1.40 bits per heavy atom. The van der Waals surface area contributed by atoms with E-state index in [4.69, 9.17) is 15.3 Å². The van der Waals surface area contributed by atoms with Crippen LogP contribution in [-0.2, 0) is 13.5 Å². The summed E-state index contributed by atoms with van der Waals surface area (Å²) >= 11 is 0. The molecule has 0 rings (SSSR count). The molecule has 4 nitrogen and oxygen atoms in total. The summed E-state index contributed by atoms with van der Waals surface area (Å²) in [6, 6.07) is 0. The Labute approximate surface area is 35.0 Å². The van der Waals surface area contributed by atoms with Crippen molar-refractivity contribution in [2.75, 3.05) is 0 Å². The SMILES string of the molecule is O=[N+]([O-])[O-].[SH3+]. The van der Waals surface area contributed by atoms with Crippen molar-refractivity contribution in [1.82, 2.24) is 0 Å². The summed E-state index contributed by atoms with van der Waals surface area (Å²) in [6.07, 6.45) is 0. The predicted octanol–water partition coefficient (Wildman–Crippen LogP) is -1.04. The van der Waals surface area contributed by atoms with Crippen LogP contribution in [0.1, 0.15) is 0 Å². The van der Waals surface area contributed by atoms with Gasteiger partial charge in [0.25, 0.3) is 0 Å². The van der Waals surface area contributed by atoms with Crippen LogP contribution in [0.3, 0.4) is 0 Å². The van der Waals surface area contributed by atoms with Crippen LogP contribution in [0, 0.1) is 15.3 Å². The Hall–Kier alpha value is -0.450. The van der Waals surface area contributed by atoms with Gasteiger partial charge in [-0.2, -0.15) is 0 Å². The second kappa shape index (κ2) is 3.55. The maximum atomic E-state index is 8.25. The summed E-state index contributed by atoms with van der Waals surface area (Å²) < 4.78 is 0. The highest BCUT2D eigenvalue weighted by Gasteiger charge is 1.45. The zero-order valence-corrected chi connectivity index (χ0v) is 3.40. The monoisotopic (exact) mass is 97.0 g/mol. The van der Waals surface area contributed by atoms with E-state index in [0.717, 1.165) is 0 Å². The van der Waals surface area contributed by atoms with Crippen LogP contribution in [0.15, 0.2) is 0 Å². The van der Waals surface area contributed by atoms with Crippen LogP contribution in [0.5, 0.6) is 0 Å². The summed E-state index contributed by atoms with van der Waals surface area (Å²) in [5, 5.41) is 14.8. The predicted molar refractivity (Wildman–Crippen MR) is 21.9 cm³/mol. The lowest BCUT2D eigenvalue weighted by molar-refractivity contribution is -0.402. The average molecular weight is 97.1 g/mol. The number of nitrogens with zero attached hydrogens (tertiary/aromatic N) is 1. The van der Waals surface area contributed by atoms with Crippen molar-refractivity contribution in [3.05, 3.63) is 15.3 Å². The van der Waals surface area contributed by atoms with E-state index in [9.17, 15) is 0 Å². The van der Waals surface area contributed by atoms with E-state index in [1.807, 2.05) is 0 Å². The Bertz CT molecular complexity index is 29.9. The van der Waals surface area contributed by atoms with Gasteiger partial charge in [0.2, 0.25) is 0 Å². The van der Waals surface area contributed by atoms with E-state index in [1.165, 1.54) is 0 Å². The van der Waals surface area contributed by atoms with Crippen molar-refractivity contribution in [3.63, 3.8) is 0 Å². The first-order valence-corrected chi connectivity index (χ1v) is 0.548. The number of hydrogen-bond acceptors (Lipinski definition) is 3. The van der Waals surface area contributed by atoms with E-state index in [0.29, 0.717) is 0 Å². The maximum Gasteiger partial charge on any atom is 0.0689 e. The number of rotatable bonds is 0. The topological polar surface area (TPSA) is 66.2 Å². The third-order valence-corrected chi connectivity index (χ3v) is 0. The molecule has 5 heteroatoms. The summed E-state index contributed by atoms with van der Waals surface area (Å²) in [5.41, 5.74) is 0. The lowest BCUT2D eigenvalue weighted by Crippen LogP contribution is -1.74. The molecular formula is H3NO3S. The van der Waals surface area contributed by atoms with E-state index in [1.54, 1.807) is 0 Å². The molecule has 0 aromatic rings. The average Bonchev–Trinajstić information content (AvgIpc) is 0.811. The Balaban J connectivity index is 0. The van der Waals surface area contributed by atoms with Crippen LogP contribution in [-0.4, -0.2) is 5.09 Å². The molecule has 0 spiro atoms. The van der Waals surface area contributed by atoms with Crippen molar-refractivity contribution >= 4 is 13.5 Å². The highest BCUT2D eigenvalue weighted by Crippen LogP contribution is 1.44. The van der Waals surface area contributed by atoms with Crippen LogP contribution in [0.4, 0.5) is 0 Å². The first kappa shape index (κ1) is 8.82. The van der Waals surface area contributed by atoms with E-state index < -0.39 is 5.09 Å². The van der Waals surface area contributed by atoms with Crippen molar-refractivity contribution < 1.29 is 5.09 Å². The quantitative estimate of drug-likeness (QED) is 0.220. The molecule has 5 heavy (non-hydrogen) atoms. The van der Waals surface area contributed by atoms with Gasteiger partial charge in [-0.1, -0.05) is 13.5 Å². The highest BCUT2D eigenvalue weighted by molar-refractivity contribution is 7.37. The molecule has 0 aromatic heterocycles. The summed E-state index contributed by atoms with van der Waals surface area (Å²) in [5.74, 6) is 0. The Morgan fingerprint density at radius 3 is 1.40 bits per heavy atom. The molecule has 0 heterocycles.